The molecule has 3 aliphatic heterocycles. The van der Waals surface area contributed by atoms with Crippen LogP contribution in [0.1, 0.15) is 50.5 Å². The van der Waals surface area contributed by atoms with E-state index >= 15 is 0 Å². The number of halogens is 1. The summed E-state index contributed by atoms with van der Waals surface area (Å²) in [5, 5.41) is 6.92. The maximum absolute atomic E-state index is 12.7. The van der Waals surface area contributed by atoms with Gasteiger partial charge in [-0.25, -0.2) is 0 Å². The Morgan fingerprint density at radius 1 is 1.00 bits per heavy atom. The Morgan fingerprint density at radius 3 is 2.29 bits per heavy atom. The minimum atomic E-state index is 0. The summed E-state index contributed by atoms with van der Waals surface area (Å²) in [6.07, 6.45) is 7.57. The quantitative estimate of drug-likeness (QED) is 0.791. The molecule has 2 atom stereocenters. The number of hydrogen-bond acceptors (Lipinski definition) is 3. The van der Waals surface area contributed by atoms with Gasteiger partial charge in [-0.05, 0) is 50.5 Å². The van der Waals surface area contributed by atoms with Crippen molar-refractivity contribution in [3.8, 4) is 0 Å². The number of hydrogen-bond donors (Lipinski definition) is 2. The number of nitrogens with one attached hydrogen (secondary N) is 2. The first-order valence-electron chi connectivity index (χ1n) is 10.6. The minimum Gasteiger partial charge on any atom is -0.353 e. The first-order chi connectivity index (χ1) is 13.2. The van der Waals surface area contributed by atoms with E-state index in [0.29, 0.717) is 37.6 Å². The molecule has 4 rings (SSSR count). The fourth-order valence-corrected chi connectivity index (χ4v) is 4.94. The number of carbonyl (C=O) groups is 2. The lowest BCUT2D eigenvalue weighted by molar-refractivity contribution is -0.135. The number of carbonyl (C=O) groups excluding carboxylic acids is 2. The topological polar surface area (TPSA) is 61.4 Å². The van der Waals surface area contributed by atoms with Crippen molar-refractivity contribution in [3.63, 3.8) is 0 Å². The van der Waals surface area contributed by atoms with Crippen molar-refractivity contribution in [2.45, 2.75) is 69.5 Å². The molecular formula is C22H32ClN3O2. The molecule has 0 aliphatic carbocycles. The third-order valence-corrected chi connectivity index (χ3v) is 6.51. The van der Waals surface area contributed by atoms with Gasteiger partial charge in [-0.3, -0.25) is 9.59 Å². The number of benzene rings is 1. The average Bonchev–Trinajstić information content (AvgIpc) is 3.05. The van der Waals surface area contributed by atoms with Crippen LogP contribution in [0.4, 0.5) is 0 Å². The van der Waals surface area contributed by atoms with Crippen molar-refractivity contribution in [2.75, 3.05) is 13.1 Å². The molecule has 28 heavy (non-hydrogen) atoms. The van der Waals surface area contributed by atoms with Gasteiger partial charge in [-0.1, -0.05) is 30.3 Å². The van der Waals surface area contributed by atoms with E-state index in [1.807, 2.05) is 23.1 Å². The molecule has 0 radical (unpaired) electrons. The highest BCUT2D eigenvalue weighted by molar-refractivity contribution is 5.85. The van der Waals surface area contributed by atoms with Crippen molar-refractivity contribution >= 4 is 24.2 Å². The van der Waals surface area contributed by atoms with Crippen molar-refractivity contribution in [3.05, 3.63) is 35.9 Å². The minimum absolute atomic E-state index is 0. The summed E-state index contributed by atoms with van der Waals surface area (Å²) in [4.78, 5) is 27.1. The number of piperidine rings is 2. The molecule has 3 aliphatic rings. The van der Waals surface area contributed by atoms with Crippen LogP contribution < -0.4 is 10.6 Å². The zero-order chi connectivity index (χ0) is 18.6. The van der Waals surface area contributed by atoms with Gasteiger partial charge in [-0.2, -0.15) is 0 Å². The Kier molecular flexibility index (Phi) is 7.36. The summed E-state index contributed by atoms with van der Waals surface area (Å²) in [6.45, 7) is 1.42. The van der Waals surface area contributed by atoms with E-state index < -0.39 is 0 Å². The van der Waals surface area contributed by atoms with Crippen molar-refractivity contribution in [2.24, 2.45) is 5.92 Å². The fourth-order valence-electron chi connectivity index (χ4n) is 4.94. The maximum atomic E-state index is 12.7. The first kappa shape index (κ1) is 21.1. The summed E-state index contributed by atoms with van der Waals surface area (Å²) < 4.78 is 0. The average molecular weight is 406 g/mol. The second-order valence-electron chi connectivity index (χ2n) is 8.46. The summed E-state index contributed by atoms with van der Waals surface area (Å²) in [7, 11) is 0. The van der Waals surface area contributed by atoms with E-state index in [1.54, 1.807) is 0 Å². The van der Waals surface area contributed by atoms with Crippen LogP contribution in [0, 0.1) is 5.92 Å². The Hall–Kier alpha value is -1.59. The van der Waals surface area contributed by atoms with Crippen LogP contribution in [0.2, 0.25) is 0 Å². The second kappa shape index (κ2) is 9.75. The molecular weight excluding hydrogens is 374 g/mol. The predicted octanol–water partition coefficient (Wildman–Crippen LogP) is 2.68. The number of likely N-dealkylation sites (tertiary alicyclic amines) is 1. The lowest BCUT2D eigenvalue weighted by Crippen LogP contribution is -2.50. The van der Waals surface area contributed by atoms with Crippen LogP contribution in [0.25, 0.3) is 0 Å². The molecule has 2 bridgehead atoms. The number of rotatable bonds is 5. The van der Waals surface area contributed by atoms with Crippen molar-refractivity contribution < 1.29 is 9.59 Å². The van der Waals surface area contributed by atoms with Gasteiger partial charge in [0, 0.05) is 43.6 Å². The molecule has 5 nitrogen and oxygen atoms in total. The van der Waals surface area contributed by atoms with Crippen molar-refractivity contribution in [1.29, 1.82) is 0 Å². The Morgan fingerprint density at radius 2 is 1.64 bits per heavy atom. The summed E-state index contributed by atoms with van der Waals surface area (Å²) in [6, 6.07) is 11.7. The molecule has 3 saturated heterocycles. The molecule has 0 spiro atoms. The van der Waals surface area contributed by atoms with Crippen LogP contribution in [-0.4, -0.2) is 47.9 Å². The fraction of sp³-hybridized carbons (Fsp3) is 0.636. The highest BCUT2D eigenvalue weighted by atomic mass is 35.5. The molecule has 0 saturated carbocycles. The second-order valence-corrected chi connectivity index (χ2v) is 8.46. The van der Waals surface area contributed by atoms with Gasteiger partial charge in [0.1, 0.15) is 0 Å². The van der Waals surface area contributed by atoms with Gasteiger partial charge in [0.2, 0.25) is 11.8 Å². The largest absolute Gasteiger partial charge is 0.353 e. The zero-order valence-corrected chi connectivity index (χ0v) is 17.3. The SMILES string of the molecule is Cl.O=C(NC1CC2CCC(C1)N2)C1CCN(C(=O)CCc2ccccc2)CC1. The highest BCUT2D eigenvalue weighted by Gasteiger charge is 2.35. The number of fused-ring (bicyclic) bond motifs is 2. The van der Waals surface area contributed by atoms with E-state index in [9.17, 15) is 9.59 Å². The Balaban J connectivity index is 0.00000225. The first-order valence-corrected chi connectivity index (χ1v) is 10.6. The molecule has 0 aromatic heterocycles. The summed E-state index contributed by atoms with van der Waals surface area (Å²) >= 11 is 0. The standard InChI is InChI=1S/C22H31N3O2.ClH/c26-21(9-6-16-4-2-1-3-5-16)25-12-10-17(11-13-25)22(27)24-20-14-18-7-8-19(15-20)23-18;/h1-5,17-20,23H,6-15H2,(H,24,27);1H. The van der Waals surface area contributed by atoms with E-state index in [4.69, 9.17) is 0 Å². The highest BCUT2D eigenvalue weighted by Crippen LogP contribution is 2.27. The molecule has 1 aromatic carbocycles. The van der Waals surface area contributed by atoms with Crippen LogP contribution >= 0.6 is 12.4 Å². The van der Waals surface area contributed by atoms with Gasteiger partial charge in [0.05, 0.1) is 0 Å². The molecule has 6 heteroatoms. The van der Waals surface area contributed by atoms with Gasteiger partial charge >= 0.3 is 0 Å². The Labute approximate surface area is 174 Å². The van der Waals surface area contributed by atoms with Gasteiger partial charge < -0.3 is 15.5 Å². The number of nitrogens with zero attached hydrogens (tertiary/aromatic N) is 1. The van der Waals surface area contributed by atoms with E-state index in [1.165, 1.54) is 18.4 Å². The third kappa shape index (κ3) is 5.26. The Bertz CT molecular complexity index is 649. The monoisotopic (exact) mass is 405 g/mol. The maximum Gasteiger partial charge on any atom is 0.223 e. The molecule has 2 amide bonds. The molecule has 2 N–H and O–H groups in total. The molecule has 1 aromatic rings. The smallest absolute Gasteiger partial charge is 0.223 e. The van der Waals surface area contributed by atoms with Crippen LogP contribution in [0.15, 0.2) is 30.3 Å². The van der Waals surface area contributed by atoms with Crippen LogP contribution in [0.5, 0.6) is 0 Å². The molecule has 154 valence electrons. The third-order valence-electron chi connectivity index (χ3n) is 6.51. The predicted molar refractivity (Wildman–Crippen MR) is 112 cm³/mol. The van der Waals surface area contributed by atoms with Gasteiger partial charge in [0.25, 0.3) is 0 Å². The molecule has 2 unspecified atom stereocenters. The van der Waals surface area contributed by atoms with E-state index in [-0.39, 0.29) is 30.1 Å². The summed E-state index contributed by atoms with van der Waals surface area (Å²) in [5.74, 6) is 0.487. The van der Waals surface area contributed by atoms with Crippen LogP contribution in [0.3, 0.4) is 0 Å². The summed E-state index contributed by atoms with van der Waals surface area (Å²) in [5.41, 5.74) is 1.20. The van der Waals surface area contributed by atoms with Crippen LogP contribution in [-0.2, 0) is 16.0 Å². The normalized spacial score (nSPS) is 27.1. The zero-order valence-electron chi connectivity index (χ0n) is 16.4. The van der Waals surface area contributed by atoms with E-state index in [2.05, 4.69) is 22.8 Å². The van der Waals surface area contributed by atoms with Gasteiger partial charge in [-0.15, -0.1) is 12.4 Å². The molecule has 3 fully saturated rings. The molecule has 3 heterocycles. The van der Waals surface area contributed by atoms with E-state index in [0.717, 1.165) is 32.1 Å². The number of amides is 2. The lowest BCUT2D eigenvalue weighted by Gasteiger charge is -2.34. The van der Waals surface area contributed by atoms with Gasteiger partial charge in [0.15, 0.2) is 0 Å². The lowest BCUT2D eigenvalue weighted by atomic mass is 9.93. The number of aryl methyl sites for hydroxylation is 1. The van der Waals surface area contributed by atoms with Crippen molar-refractivity contribution in [1.82, 2.24) is 15.5 Å².